The number of aryl methyl sites for hydroxylation is 1. The smallest absolute Gasteiger partial charge is 0.151 e. The second-order valence-electron chi connectivity index (χ2n) is 4.88. The predicted molar refractivity (Wildman–Crippen MR) is 59.0 cm³/mol. The molecule has 1 aromatic heterocycles. The highest BCUT2D eigenvalue weighted by atomic mass is 16.3. The van der Waals surface area contributed by atoms with Crippen LogP contribution in [0.15, 0.2) is 0 Å². The van der Waals surface area contributed by atoms with Gasteiger partial charge < -0.3 is 10.4 Å². The summed E-state index contributed by atoms with van der Waals surface area (Å²) >= 11 is 0. The van der Waals surface area contributed by atoms with Crippen LogP contribution in [0.1, 0.15) is 24.5 Å². The third kappa shape index (κ3) is 1.97. The summed E-state index contributed by atoms with van der Waals surface area (Å²) in [4.78, 5) is 4.53. The zero-order valence-corrected chi connectivity index (χ0v) is 9.39. The lowest BCUT2D eigenvalue weighted by Crippen LogP contribution is -2.23. The van der Waals surface area contributed by atoms with Crippen molar-refractivity contribution in [3.8, 4) is 0 Å². The molecule has 2 aliphatic rings. The summed E-state index contributed by atoms with van der Waals surface area (Å²) in [5, 5.41) is 17.4. The Hall–Kier alpha value is -0.940. The van der Waals surface area contributed by atoms with Gasteiger partial charge in [-0.25, -0.2) is 9.67 Å². The summed E-state index contributed by atoms with van der Waals surface area (Å²) < 4.78 is 1.96. The molecule has 0 saturated carbocycles. The highest BCUT2D eigenvalue weighted by molar-refractivity contribution is 4.99. The Balaban J connectivity index is 1.71. The van der Waals surface area contributed by atoms with Crippen LogP contribution in [0.3, 0.4) is 0 Å². The first-order chi connectivity index (χ1) is 7.81. The van der Waals surface area contributed by atoms with E-state index in [0.29, 0.717) is 12.3 Å². The third-order valence-electron chi connectivity index (χ3n) is 3.52. The lowest BCUT2D eigenvalue weighted by molar-refractivity contribution is 0.138. The van der Waals surface area contributed by atoms with Crippen molar-refractivity contribution in [1.29, 1.82) is 0 Å². The van der Waals surface area contributed by atoms with Crippen LogP contribution in [0, 0.1) is 5.92 Å². The molecule has 2 aliphatic heterocycles. The number of rotatable bonds is 2. The van der Waals surface area contributed by atoms with E-state index in [-0.39, 0.29) is 6.10 Å². The summed E-state index contributed by atoms with van der Waals surface area (Å²) in [6, 6.07) is 0. The van der Waals surface area contributed by atoms with E-state index in [1.807, 2.05) is 4.68 Å². The van der Waals surface area contributed by atoms with E-state index < -0.39 is 0 Å². The standard InChI is InChI=1S/C11H18N4O/c16-9-2-4-15-11(6-9)13-10(14-15)5-8-1-3-12-7-8/h8-9,12,16H,1-7H2. The Morgan fingerprint density at radius 1 is 1.44 bits per heavy atom. The number of aliphatic hydroxyl groups is 1. The molecule has 1 fully saturated rings. The molecule has 1 aromatic rings. The van der Waals surface area contributed by atoms with E-state index in [9.17, 15) is 5.11 Å². The molecule has 1 saturated heterocycles. The first kappa shape index (κ1) is 10.2. The highest BCUT2D eigenvalue weighted by Crippen LogP contribution is 2.16. The van der Waals surface area contributed by atoms with Crippen LogP contribution >= 0.6 is 0 Å². The predicted octanol–water partition coefficient (Wildman–Crippen LogP) is -0.263. The quantitative estimate of drug-likeness (QED) is 0.723. The molecule has 3 heterocycles. The molecule has 0 aromatic carbocycles. The van der Waals surface area contributed by atoms with Crippen molar-refractivity contribution in [1.82, 2.24) is 20.1 Å². The first-order valence-corrected chi connectivity index (χ1v) is 6.12. The number of hydrogen-bond acceptors (Lipinski definition) is 4. The van der Waals surface area contributed by atoms with Crippen molar-refractivity contribution < 1.29 is 5.11 Å². The van der Waals surface area contributed by atoms with Gasteiger partial charge in [0.25, 0.3) is 0 Å². The zero-order chi connectivity index (χ0) is 11.0. The van der Waals surface area contributed by atoms with Crippen molar-refractivity contribution in [3.63, 3.8) is 0 Å². The molecule has 5 nitrogen and oxygen atoms in total. The largest absolute Gasteiger partial charge is 0.393 e. The van der Waals surface area contributed by atoms with Crippen molar-refractivity contribution >= 4 is 0 Å². The normalized spacial score (nSPS) is 29.3. The topological polar surface area (TPSA) is 63.0 Å². The van der Waals surface area contributed by atoms with E-state index in [1.165, 1.54) is 6.42 Å². The van der Waals surface area contributed by atoms with E-state index in [2.05, 4.69) is 15.4 Å². The number of hydrogen-bond donors (Lipinski definition) is 2. The van der Waals surface area contributed by atoms with E-state index in [1.54, 1.807) is 0 Å². The van der Waals surface area contributed by atoms with Crippen LogP contribution < -0.4 is 5.32 Å². The minimum Gasteiger partial charge on any atom is -0.393 e. The van der Waals surface area contributed by atoms with Crippen LogP contribution in [-0.4, -0.2) is 39.1 Å². The van der Waals surface area contributed by atoms with Crippen LogP contribution in [0.25, 0.3) is 0 Å². The maximum absolute atomic E-state index is 9.56. The summed E-state index contributed by atoms with van der Waals surface area (Å²) in [6.45, 7) is 3.02. The van der Waals surface area contributed by atoms with Gasteiger partial charge in [-0.15, -0.1) is 0 Å². The molecule has 2 atom stereocenters. The number of aliphatic hydroxyl groups excluding tert-OH is 1. The second-order valence-corrected chi connectivity index (χ2v) is 4.88. The van der Waals surface area contributed by atoms with Gasteiger partial charge in [-0.05, 0) is 31.8 Å². The molecule has 2 unspecified atom stereocenters. The maximum atomic E-state index is 9.56. The second kappa shape index (κ2) is 4.14. The van der Waals surface area contributed by atoms with E-state index in [0.717, 1.165) is 44.1 Å². The van der Waals surface area contributed by atoms with Gasteiger partial charge in [-0.2, -0.15) is 5.10 Å². The van der Waals surface area contributed by atoms with Gasteiger partial charge in [0.2, 0.25) is 0 Å². The molecular weight excluding hydrogens is 204 g/mol. The molecule has 3 rings (SSSR count). The van der Waals surface area contributed by atoms with Crippen molar-refractivity contribution in [3.05, 3.63) is 11.6 Å². The summed E-state index contributed by atoms with van der Waals surface area (Å²) in [7, 11) is 0. The zero-order valence-electron chi connectivity index (χ0n) is 9.39. The third-order valence-corrected chi connectivity index (χ3v) is 3.52. The van der Waals surface area contributed by atoms with Crippen molar-refractivity contribution in [2.24, 2.45) is 5.92 Å². The molecule has 88 valence electrons. The number of aromatic nitrogens is 3. The van der Waals surface area contributed by atoms with Gasteiger partial charge in [0.1, 0.15) is 5.82 Å². The maximum Gasteiger partial charge on any atom is 0.151 e. The van der Waals surface area contributed by atoms with E-state index in [4.69, 9.17) is 0 Å². The molecule has 0 bridgehead atoms. The first-order valence-electron chi connectivity index (χ1n) is 6.12. The lowest BCUT2D eigenvalue weighted by Gasteiger charge is -2.16. The minimum absolute atomic E-state index is 0.224. The molecular formula is C11H18N4O. The van der Waals surface area contributed by atoms with Crippen LogP contribution in [-0.2, 0) is 19.4 Å². The van der Waals surface area contributed by atoms with Gasteiger partial charge in [0.05, 0.1) is 6.10 Å². The molecule has 2 N–H and O–H groups in total. The molecule has 0 amide bonds. The fourth-order valence-corrected chi connectivity index (χ4v) is 2.57. The number of nitrogens with zero attached hydrogens (tertiary/aromatic N) is 3. The molecule has 0 radical (unpaired) electrons. The van der Waals surface area contributed by atoms with Gasteiger partial charge in [0, 0.05) is 19.4 Å². The Morgan fingerprint density at radius 2 is 2.38 bits per heavy atom. The molecule has 16 heavy (non-hydrogen) atoms. The van der Waals surface area contributed by atoms with Gasteiger partial charge in [-0.3, -0.25) is 0 Å². The summed E-state index contributed by atoms with van der Waals surface area (Å²) in [5.41, 5.74) is 0. The average Bonchev–Trinajstić information content (AvgIpc) is 2.86. The van der Waals surface area contributed by atoms with Crippen molar-refractivity contribution in [2.45, 2.75) is 38.3 Å². The Kier molecular flexibility index (Phi) is 2.65. The Morgan fingerprint density at radius 3 is 3.19 bits per heavy atom. The number of fused-ring (bicyclic) bond motifs is 1. The summed E-state index contributed by atoms with van der Waals surface area (Å²) in [6.07, 6.45) is 3.45. The molecule has 5 heteroatoms. The molecule has 0 spiro atoms. The van der Waals surface area contributed by atoms with Gasteiger partial charge in [-0.1, -0.05) is 0 Å². The highest BCUT2D eigenvalue weighted by Gasteiger charge is 2.22. The minimum atomic E-state index is -0.224. The Bertz CT molecular complexity index is 370. The fourth-order valence-electron chi connectivity index (χ4n) is 2.57. The summed E-state index contributed by atoms with van der Waals surface area (Å²) in [5.74, 6) is 2.60. The van der Waals surface area contributed by atoms with Crippen LogP contribution in [0.5, 0.6) is 0 Å². The van der Waals surface area contributed by atoms with Crippen molar-refractivity contribution in [2.75, 3.05) is 13.1 Å². The van der Waals surface area contributed by atoms with Gasteiger partial charge >= 0.3 is 0 Å². The van der Waals surface area contributed by atoms with Gasteiger partial charge in [0.15, 0.2) is 5.82 Å². The number of nitrogens with one attached hydrogen (secondary N) is 1. The Labute approximate surface area is 94.9 Å². The fraction of sp³-hybridized carbons (Fsp3) is 0.818. The molecule has 0 aliphatic carbocycles. The van der Waals surface area contributed by atoms with E-state index >= 15 is 0 Å². The average molecular weight is 222 g/mol. The SMILES string of the molecule is OC1CCn2nc(CC3CCNC3)nc2C1. The van der Waals surface area contributed by atoms with Crippen LogP contribution in [0.2, 0.25) is 0 Å². The monoisotopic (exact) mass is 222 g/mol. The van der Waals surface area contributed by atoms with Crippen LogP contribution in [0.4, 0.5) is 0 Å². The lowest BCUT2D eigenvalue weighted by atomic mass is 10.1.